The number of carboxylic acid groups (broad SMARTS) is 1. The third-order valence-corrected chi connectivity index (χ3v) is 9.52. The van der Waals surface area contributed by atoms with Crippen molar-refractivity contribution in [1.82, 2.24) is 4.57 Å². The van der Waals surface area contributed by atoms with Crippen molar-refractivity contribution in [1.29, 1.82) is 0 Å². The third kappa shape index (κ3) is 5.90. The molecule has 1 amide bonds. The quantitative estimate of drug-likeness (QED) is 0.203. The number of carbonyl (C=O) groups is 2. The molecule has 2 heterocycles. The minimum Gasteiger partial charge on any atom is -0.491 e. The number of carbonyl (C=O) groups excluding carboxylic acids is 1. The molecule has 1 atom stereocenters. The second-order valence-corrected chi connectivity index (χ2v) is 13.3. The summed E-state index contributed by atoms with van der Waals surface area (Å²) < 4.78 is 8.72. The van der Waals surface area contributed by atoms with Crippen molar-refractivity contribution in [2.75, 3.05) is 11.5 Å². The van der Waals surface area contributed by atoms with Crippen LogP contribution >= 0.6 is 11.6 Å². The fourth-order valence-electron chi connectivity index (χ4n) is 6.62. The van der Waals surface area contributed by atoms with Crippen molar-refractivity contribution in [2.45, 2.75) is 71.9 Å². The van der Waals surface area contributed by atoms with Crippen LogP contribution < -0.4 is 9.64 Å². The van der Waals surface area contributed by atoms with E-state index in [1.54, 1.807) is 6.92 Å². The lowest BCUT2D eigenvalue weighted by Crippen LogP contribution is -2.40. The highest BCUT2D eigenvalue weighted by atomic mass is 35.5. The van der Waals surface area contributed by atoms with Crippen molar-refractivity contribution >= 4 is 40.1 Å². The maximum Gasteiger partial charge on any atom is 0.309 e. The van der Waals surface area contributed by atoms with E-state index < -0.39 is 11.4 Å². The molecule has 0 spiro atoms. The molecule has 2 aliphatic rings. The number of carboxylic acids is 1. The van der Waals surface area contributed by atoms with E-state index in [9.17, 15) is 14.7 Å². The number of benzene rings is 3. The third-order valence-electron chi connectivity index (χ3n) is 9.27. The van der Waals surface area contributed by atoms with Gasteiger partial charge in [-0.15, -0.1) is 0 Å². The second-order valence-electron chi connectivity index (χ2n) is 12.9. The number of nitrogens with zero attached hydrogens (tertiary/aromatic N) is 2. The van der Waals surface area contributed by atoms with E-state index in [2.05, 4.69) is 22.8 Å². The number of halogens is 1. The molecule has 224 valence electrons. The Morgan fingerprint density at radius 3 is 2.47 bits per heavy atom. The minimum absolute atomic E-state index is 0.0155. The lowest BCUT2D eigenvalue weighted by molar-refractivity contribution is -0.146. The average Bonchev–Trinajstić information content (AvgIpc) is 3.45. The van der Waals surface area contributed by atoms with Crippen LogP contribution in [0, 0.1) is 11.3 Å². The predicted molar refractivity (Wildman–Crippen MR) is 171 cm³/mol. The van der Waals surface area contributed by atoms with Crippen LogP contribution in [0.1, 0.15) is 62.4 Å². The normalized spacial score (nSPS) is 16.7. The lowest BCUT2D eigenvalue weighted by atomic mass is 9.79. The van der Waals surface area contributed by atoms with Gasteiger partial charge >= 0.3 is 5.97 Å². The number of ether oxygens (including phenoxy) is 1. The summed E-state index contributed by atoms with van der Waals surface area (Å²) in [4.78, 5) is 26.7. The van der Waals surface area contributed by atoms with E-state index >= 15 is 0 Å². The number of para-hydroxylation sites is 1. The first-order valence-corrected chi connectivity index (χ1v) is 15.6. The number of aliphatic carboxylic acids is 1. The maximum absolute atomic E-state index is 12.6. The van der Waals surface area contributed by atoms with E-state index in [4.69, 9.17) is 16.3 Å². The molecule has 1 saturated carbocycles. The molecule has 3 aromatic carbocycles. The number of amides is 1. The molecular weight excluding hydrogens is 560 g/mol. The summed E-state index contributed by atoms with van der Waals surface area (Å²) in [5, 5.41) is 11.9. The van der Waals surface area contributed by atoms with Crippen LogP contribution in [0.25, 0.3) is 10.9 Å². The molecule has 4 aromatic rings. The summed E-state index contributed by atoms with van der Waals surface area (Å²) in [5.74, 6) is 0.574. The number of fused-ring (bicyclic) bond motifs is 2. The summed E-state index contributed by atoms with van der Waals surface area (Å²) >= 11 is 6.19. The predicted octanol–water partition coefficient (Wildman–Crippen LogP) is 7.70. The van der Waals surface area contributed by atoms with Gasteiger partial charge in [-0.2, -0.15) is 0 Å². The fourth-order valence-corrected chi connectivity index (χ4v) is 6.75. The largest absolute Gasteiger partial charge is 0.491 e. The summed E-state index contributed by atoms with van der Waals surface area (Å²) in [6.07, 6.45) is 5.76. The number of rotatable bonds is 10. The Bertz CT molecular complexity index is 1670. The molecular formula is C36H39ClN2O4. The van der Waals surface area contributed by atoms with Crippen LogP contribution in [0.15, 0.2) is 66.7 Å². The Kier molecular flexibility index (Phi) is 7.99. The van der Waals surface area contributed by atoms with Crippen LogP contribution in [0.4, 0.5) is 5.69 Å². The second kappa shape index (κ2) is 11.7. The molecule has 7 heteroatoms. The molecule has 0 radical (unpaired) electrons. The molecule has 1 N–H and O–H groups in total. The van der Waals surface area contributed by atoms with Gasteiger partial charge in [-0.1, -0.05) is 61.2 Å². The molecule has 0 unspecified atom stereocenters. The minimum atomic E-state index is -0.923. The van der Waals surface area contributed by atoms with Crippen molar-refractivity contribution in [3.8, 4) is 5.75 Å². The van der Waals surface area contributed by atoms with Gasteiger partial charge in [0, 0.05) is 47.2 Å². The van der Waals surface area contributed by atoms with Gasteiger partial charge in [0.15, 0.2) is 0 Å². The van der Waals surface area contributed by atoms with Gasteiger partial charge in [0.25, 0.3) is 0 Å². The Labute approximate surface area is 258 Å². The van der Waals surface area contributed by atoms with Crippen molar-refractivity contribution in [3.05, 3.63) is 94.1 Å². The van der Waals surface area contributed by atoms with E-state index in [0.29, 0.717) is 30.5 Å². The standard InChI is InChI=1S/C36H39ClN2O4/c1-23(40)39-28(18-26-9-4-5-10-32(26)39)22-43-29-15-16-33-31(19-29)30(17-24-7-6-8-24)34(20-36(2,3)35(41)42)38(33)21-25-11-13-27(37)14-12-25/h4-5,9-16,19,24,28H,6-8,17-18,20-22H2,1-3H3,(H,41,42)/t28-/m0/s1. The average molecular weight is 599 g/mol. The van der Waals surface area contributed by atoms with Crippen molar-refractivity contribution < 1.29 is 19.4 Å². The van der Waals surface area contributed by atoms with Gasteiger partial charge in [0.2, 0.25) is 5.91 Å². The van der Waals surface area contributed by atoms with Crippen molar-refractivity contribution in [3.63, 3.8) is 0 Å². The van der Waals surface area contributed by atoms with Crippen molar-refractivity contribution in [2.24, 2.45) is 11.3 Å². The van der Waals surface area contributed by atoms with E-state index in [0.717, 1.165) is 52.0 Å². The summed E-state index contributed by atoms with van der Waals surface area (Å²) in [5.41, 5.74) is 5.69. The van der Waals surface area contributed by atoms with Gasteiger partial charge < -0.3 is 19.3 Å². The SMILES string of the molecule is CC(=O)N1c2ccccc2C[C@H]1COc1ccc2c(c1)c(CC1CCC1)c(CC(C)(C)C(=O)O)n2Cc1ccc(Cl)cc1. The Morgan fingerprint density at radius 2 is 1.79 bits per heavy atom. The highest BCUT2D eigenvalue weighted by Gasteiger charge is 2.34. The Morgan fingerprint density at radius 1 is 1.05 bits per heavy atom. The molecule has 1 aliphatic carbocycles. The highest BCUT2D eigenvalue weighted by Crippen LogP contribution is 2.40. The zero-order chi connectivity index (χ0) is 30.3. The molecule has 6 nitrogen and oxygen atoms in total. The molecule has 0 bridgehead atoms. The maximum atomic E-state index is 12.6. The Balaban J connectivity index is 1.38. The van der Waals surface area contributed by atoms with E-state index in [1.165, 1.54) is 24.8 Å². The van der Waals surface area contributed by atoms with Gasteiger partial charge in [-0.25, -0.2) is 0 Å². The molecule has 1 aromatic heterocycles. The lowest BCUT2D eigenvalue weighted by Gasteiger charge is -2.27. The molecule has 43 heavy (non-hydrogen) atoms. The summed E-state index contributed by atoms with van der Waals surface area (Å²) in [7, 11) is 0. The zero-order valence-electron chi connectivity index (χ0n) is 25.1. The Hall–Kier alpha value is -3.77. The number of aromatic nitrogens is 1. The highest BCUT2D eigenvalue weighted by molar-refractivity contribution is 6.30. The van der Waals surface area contributed by atoms with E-state index in [1.807, 2.05) is 67.3 Å². The topological polar surface area (TPSA) is 71.8 Å². The monoisotopic (exact) mass is 598 g/mol. The number of hydrogen-bond donors (Lipinski definition) is 1. The van der Waals surface area contributed by atoms with Crippen LogP contribution in [-0.4, -0.2) is 34.2 Å². The first kappa shape index (κ1) is 29.3. The van der Waals surface area contributed by atoms with Crippen LogP contribution in [0.2, 0.25) is 5.02 Å². The van der Waals surface area contributed by atoms with Gasteiger partial charge in [0.1, 0.15) is 12.4 Å². The number of hydrogen-bond acceptors (Lipinski definition) is 3. The smallest absolute Gasteiger partial charge is 0.309 e. The first-order chi connectivity index (χ1) is 20.6. The molecule has 1 aliphatic heterocycles. The molecule has 1 fully saturated rings. The van der Waals surface area contributed by atoms with Crippen LogP contribution in [0.3, 0.4) is 0 Å². The molecule has 0 saturated heterocycles. The van der Waals surface area contributed by atoms with Crippen LogP contribution in [-0.2, 0) is 35.4 Å². The summed E-state index contributed by atoms with van der Waals surface area (Å²) in [6.45, 7) is 6.24. The van der Waals surface area contributed by atoms with Gasteiger partial charge in [0.05, 0.1) is 11.5 Å². The first-order valence-electron chi connectivity index (χ1n) is 15.2. The van der Waals surface area contributed by atoms with Gasteiger partial charge in [-0.05, 0) is 85.7 Å². The van der Waals surface area contributed by atoms with Gasteiger partial charge in [-0.3, -0.25) is 9.59 Å². The molecule has 6 rings (SSSR count). The van der Waals surface area contributed by atoms with Crippen LogP contribution in [0.5, 0.6) is 5.75 Å². The fraction of sp³-hybridized carbons (Fsp3) is 0.389. The summed E-state index contributed by atoms with van der Waals surface area (Å²) in [6, 6.07) is 22.1. The zero-order valence-corrected chi connectivity index (χ0v) is 25.9. The van der Waals surface area contributed by atoms with E-state index in [-0.39, 0.29) is 11.9 Å². The number of anilines is 1.